The summed E-state index contributed by atoms with van der Waals surface area (Å²) < 4.78 is 22.0. The molecule has 1 aliphatic heterocycles. The molecule has 160 valence electrons. The average Bonchev–Trinajstić information content (AvgIpc) is 2.75. The Balaban J connectivity index is 1.57. The van der Waals surface area contributed by atoms with E-state index in [1.54, 1.807) is 23.1 Å². The lowest BCUT2D eigenvalue weighted by Gasteiger charge is -2.35. The molecule has 0 radical (unpaired) electrons. The van der Waals surface area contributed by atoms with Gasteiger partial charge in [-0.15, -0.1) is 0 Å². The van der Waals surface area contributed by atoms with Crippen molar-refractivity contribution in [3.8, 4) is 11.5 Å². The van der Waals surface area contributed by atoms with E-state index in [9.17, 15) is 9.59 Å². The number of carbonyl (C=O) groups excluding carboxylic acids is 2. The van der Waals surface area contributed by atoms with Gasteiger partial charge in [-0.2, -0.15) is 0 Å². The largest absolute Gasteiger partial charge is 0.493 e. The van der Waals surface area contributed by atoms with Gasteiger partial charge in [-0.1, -0.05) is 30.3 Å². The van der Waals surface area contributed by atoms with Crippen LogP contribution in [0.2, 0.25) is 0 Å². The lowest BCUT2D eigenvalue weighted by atomic mass is 10.2. The van der Waals surface area contributed by atoms with Gasteiger partial charge in [-0.05, 0) is 37.6 Å². The molecule has 0 aliphatic carbocycles. The highest BCUT2D eigenvalue weighted by Gasteiger charge is 2.26. The van der Waals surface area contributed by atoms with Crippen LogP contribution in [0.25, 0.3) is 0 Å². The van der Waals surface area contributed by atoms with Gasteiger partial charge >= 0.3 is 5.97 Å². The van der Waals surface area contributed by atoms with Crippen molar-refractivity contribution in [2.75, 3.05) is 26.8 Å². The van der Waals surface area contributed by atoms with Crippen LogP contribution in [0.15, 0.2) is 48.5 Å². The van der Waals surface area contributed by atoms with Crippen molar-refractivity contribution in [3.63, 3.8) is 0 Å². The molecule has 7 heteroatoms. The summed E-state index contributed by atoms with van der Waals surface area (Å²) >= 11 is 0. The fourth-order valence-electron chi connectivity index (χ4n) is 3.33. The van der Waals surface area contributed by atoms with Gasteiger partial charge in [0.1, 0.15) is 6.61 Å². The van der Waals surface area contributed by atoms with Crippen LogP contribution in [-0.2, 0) is 20.9 Å². The summed E-state index contributed by atoms with van der Waals surface area (Å²) in [6, 6.07) is 14.5. The van der Waals surface area contributed by atoms with Gasteiger partial charge in [-0.25, -0.2) is 4.79 Å². The van der Waals surface area contributed by atoms with E-state index in [1.807, 2.05) is 44.2 Å². The van der Waals surface area contributed by atoms with E-state index in [4.69, 9.17) is 18.9 Å². The highest BCUT2D eigenvalue weighted by molar-refractivity contribution is 5.92. The summed E-state index contributed by atoms with van der Waals surface area (Å²) in [5, 5.41) is 0. The molecule has 0 aromatic heterocycles. The predicted molar refractivity (Wildman–Crippen MR) is 111 cm³/mol. The number of ether oxygens (including phenoxy) is 4. The molecule has 0 spiro atoms. The molecule has 0 saturated carbocycles. The van der Waals surface area contributed by atoms with Crippen molar-refractivity contribution >= 4 is 11.9 Å². The van der Waals surface area contributed by atoms with Gasteiger partial charge in [0.15, 0.2) is 18.1 Å². The predicted octanol–water partition coefficient (Wildman–Crippen LogP) is 3.07. The van der Waals surface area contributed by atoms with Crippen LogP contribution in [-0.4, -0.2) is 55.8 Å². The Morgan fingerprint density at radius 2 is 1.73 bits per heavy atom. The van der Waals surface area contributed by atoms with E-state index in [0.29, 0.717) is 31.2 Å². The topological polar surface area (TPSA) is 74.3 Å². The van der Waals surface area contributed by atoms with Gasteiger partial charge < -0.3 is 23.8 Å². The summed E-state index contributed by atoms with van der Waals surface area (Å²) in [6.07, 6.45) is -0.0813. The number of esters is 1. The maximum atomic E-state index is 12.4. The van der Waals surface area contributed by atoms with E-state index in [2.05, 4.69) is 0 Å². The zero-order valence-corrected chi connectivity index (χ0v) is 17.5. The second kappa shape index (κ2) is 10.1. The molecule has 2 atom stereocenters. The minimum Gasteiger partial charge on any atom is -0.493 e. The monoisotopic (exact) mass is 413 g/mol. The van der Waals surface area contributed by atoms with Crippen molar-refractivity contribution in [1.82, 2.24) is 4.90 Å². The molecule has 0 N–H and O–H groups in total. The van der Waals surface area contributed by atoms with Crippen LogP contribution in [0.3, 0.4) is 0 Å². The second-order valence-corrected chi connectivity index (χ2v) is 7.27. The Morgan fingerprint density at radius 1 is 1.03 bits per heavy atom. The molecule has 0 bridgehead atoms. The Bertz CT molecular complexity index is 859. The number of hydrogen-bond donors (Lipinski definition) is 0. The Kier molecular flexibility index (Phi) is 7.30. The average molecular weight is 413 g/mol. The standard InChI is InChI=1S/C23H27NO6/c1-16-12-24(13-17(2)30-16)22(25)15-29-23(26)19-9-10-20(21(11-19)27-3)28-14-18-7-5-4-6-8-18/h4-11,16-17H,12-15H2,1-3H3/t16-,17+. The second-order valence-electron chi connectivity index (χ2n) is 7.27. The van der Waals surface area contributed by atoms with Crippen LogP contribution < -0.4 is 9.47 Å². The number of benzene rings is 2. The quantitative estimate of drug-likeness (QED) is 0.650. The third kappa shape index (κ3) is 5.73. The summed E-state index contributed by atoms with van der Waals surface area (Å²) in [4.78, 5) is 26.4. The van der Waals surface area contributed by atoms with Crippen molar-refractivity contribution in [2.24, 2.45) is 0 Å². The van der Waals surface area contributed by atoms with Crippen LogP contribution in [0.5, 0.6) is 11.5 Å². The molecule has 1 aliphatic rings. The first kappa shape index (κ1) is 21.6. The molecular formula is C23H27NO6. The smallest absolute Gasteiger partial charge is 0.338 e. The Hall–Kier alpha value is -3.06. The number of rotatable bonds is 7. The van der Waals surface area contributed by atoms with E-state index in [1.165, 1.54) is 7.11 Å². The maximum absolute atomic E-state index is 12.4. The Labute approximate surface area is 176 Å². The van der Waals surface area contributed by atoms with Crippen molar-refractivity contribution in [1.29, 1.82) is 0 Å². The van der Waals surface area contributed by atoms with Crippen molar-refractivity contribution in [3.05, 3.63) is 59.7 Å². The van der Waals surface area contributed by atoms with Gasteiger partial charge in [-0.3, -0.25) is 4.79 Å². The zero-order chi connectivity index (χ0) is 21.5. The third-order valence-corrected chi connectivity index (χ3v) is 4.74. The normalized spacial score (nSPS) is 18.6. The molecule has 3 rings (SSSR count). The van der Waals surface area contributed by atoms with Gasteiger partial charge in [0.2, 0.25) is 0 Å². The van der Waals surface area contributed by atoms with E-state index < -0.39 is 5.97 Å². The zero-order valence-electron chi connectivity index (χ0n) is 17.5. The Morgan fingerprint density at radius 3 is 2.40 bits per heavy atom. The van der Waals surface area contributed by atoms with Crippen LogP contribution in [0.1, 0.15) is 29.8 Å². The molecule has 2 aromatic carbocycles. The number of nitrogens with zero attached hydrogens (tertiary/aromatic N) is 1. The fraction of sp³-hybridized carbons (Fsp3) is 0.391. The molecule has 1 saturated heterocycles. The summed E-state index contributed by atoms with van der Waals surface area (Å²) in [5.74, 6) is 0.110. The number of amides is 1. The molecule has 1 fully saturated rings. The van der Waals surface area contributed by atoms with Gasteiger partial charge in [0, 0.05) is 13.1 Å². The third-order valence-electron chi connectivity index (χ3n) is 4.74. The van der Waals surface area contributed by atoms with Crippen LogP contribution >= 0.6 is 0 Å². The van der Waals surface area contributed by atoms with Gasteiger partial charge in [0.05, 0.1) is 24.9 Å². The highest BCUT2D eigenvalue weighted by Crippen LogP contribution is 2.29. The van der Waals surface area contributed by atoms with Gasteiger partial charge in [0.25, 0.3) is 5.91 Å². The number of methoxy groups -OCH3 is 1. The number of morpholine rings is 1. The SMILES string of the molecule is COc1cc(C(=O)OCC(=O)N2C[C@@H](C)O[C@@H](C)C2)ccc1OCc1ccccc1. The lowest BCUT2D eigenvalue weighted by Crippen LogP contribution is -2.49. The molecule has 30 heavy (non-hydrogen) atoms. The lowest BCUT2D eigenvalue weighted by molar-refractivity contribution is -0.146. The molecule has 1 heterocycles. The van der Waals surface area contributed by atoms with E-state index in [0.717, 1.165) is 5.56 Å². The highest BCUT2D eigenvalue weighted by atomic mass is 16.5. The molecule has 7 nitrogen and oxygen atoms in total. The van der Waals surface area contributed by atoms with Crippen molar-refractivity contribution in [2.45, 2.75) is 32.7 Å². The molecule has 1 amide bonds. The molecular weight excluding hydrogens is 386 g/mol. The van der Waals surface area contributed by atoms with Crippen LogP contribution in [0.4, 0.5) is 0 Å². The summed E-state index contributed by atoms with van der Waals surface area (Å²) in [5.41, 5.74) is 1.31. The first-order chi connectivity index (χ1) is 14.5. The number of hydrogen-bond acceptors (Lipinski definition) is 6. The molecule has 2 aromatic rings. The summed E-state index contributed by atoms with van der Waals surface area (Å²) in [7, 11) is 1.50. The minimum atomic E-state index is -0.592. The summed E-state index contributed by atoms with van der Waals surface area (Å²) in [6.45, 7) is 4.87. The maximum Gasteiger partial charge on any atom is 0.338 e. The van der Waals surface area contributed by atoms with E-state index >= 15 is 0 Å². The fourth-order valence-corrected chi connectivity index (χ4v) is 3.33. The first-order valence-corrected chi connectivity index (χ1v) is 9.91. The van der Waals surface area contributed by atoms with E-state index in [-0.39, 0.29) is 30.3 Å². The molecule has 0 unspecified atom stereocenters. The minimum absolute atomic E-state index is 0.0407. The first-order valence-electron chi connectivity index (χ1n) is 9.91. The van der Waals surface area contributed by atoms with Crippen molar-refractivity contribution < 1.29 is 28.5 Å². The van der Waals surface area contributed by atoms with Crippen LogP contribution in [0, 0.1) is 0 Å². The number of carbonyl (C=O) groups is 2.